The molecule has 1 fully saturated rings. The molecule has 0 bridgehead atoms. The lowest BCUT2D eigenvalue weighted by molar-refractivity contribution is 0.166. The largest absolute Gasteiger partial charge is 0.416 e. The summed E-state index contributed by atoms with van der Waals surface area (Å²) in [6, 6.07) is 3.38. The van der Waals surface area contributed by atoms with Crippen LogP contribution in [-0.2, 0) is 4.43 Å². The number of hydrogen-bond acceptors (Lipinski definition) is 4. The number of likely N-dealkylation sites (tertiary alicyclic amines) is 1. The van der Waals surface area contributed by atoms with Crippen LogP contribution in [0.2, 0.25) is 18.1 Å². The van der Waals surface area contributed by atoms with Crippen molar-refractivity contribution in [2.24, 2.45) is 0 Å². The van der Waals surface area contributed by atoms with Gasteiger partial charge in [-0.05, 0) is 67.7 Å². The molecule has 1 aromatic rings. The molecule has 1 saturated heterocycles. The summed E-state index contributed by atoms with van der Waals surface area (Å²) in [6.07, 6.45) is 2.03. The first-order valence-electron chi connectivity index (χ1n) is 9.22. The van der Waals surface area contributed by atoms with Crippen molar-refractivity contribution in [2.45, 2.75) is 57.7 Å². The number of nitrogens with two attached hydrogens (primary N) is 2. The minimum atomic E-state index is -1.67. The van der Waals surface area contributed by atoms with E-state index < -0.39 is 14.1 Å². The highest BCUT2D eigenvalue weighted by Crippen LogP contribution is 2.36. The zero-order valence-corrected chi connectivity index (χ0v) is 17.4. The second-order valence-electron chi connectivity index (χ2n) is 8.73. The second-order valence-corrected chi connectivity index (χ2v) is 13.5. The van der Waals surface area contributed by atoms with Gasteiger partial charge in [0.25, 0.3) is 0 Å². The van der Waals surface area contributed by atoms with Crippen LogP contribution in [0.5, 0.6) is 0 Å². The Labute approximate surface area is 152 Å². The van der Waals surface area contributed by atoms with E-state index in [0.29, 0.717) is 11.6 Å². The molecule has 142 valence electrons. The molecule has 0 spiro atoms. The fourth-order valence-corrected chi connectivity index (χ4v) is 4.07. The Morgan fingerprint density at radius 1 is 1.20 bits per heavy atom. The van der Waals surface area contributed by atoms with E-state index >= 15 is 0 Å². The zero-order chi connectivity index (χ0) is 18.8. The molecule has 0 saturated carbocycles. The number of rotatable bonds is 5. The van der Waals surface area contributed by atoms with Gasteiger partial charge in [0, 0.05) is 13.2 Å². The molecular formula is C19H34FN3OSi. The lowest BCUT2D eigenvalue weighted by Crippen LogP contribution is -2.43. The van der Waals surface area contributed by atoms with E-state index in [0.717, 1.165) is 44.6 Å². The van der Waals surface area contributed by atoms with Crippen molar-refractivity contribution >= 4 is 19.7 Å². The van der Waals surface area contributed by atoms with Crippen molar-refractivity contribution in [3.05, 3.63) is 23.5 Å². The predicted molar refractivity (Wildman–Crippen MR) is 107 cm³/mol. The molecule has 4 nitrogen and oxygen atoms in total. The van der Waals surface area contributed by atoms with Gasteiger partial charge in [-0.25, -0.2) is 4.39 Å². The Hall–Kier alpha value is -1.11. The summed E-state index contributed by atoms with van der Waals surface area (Å²) in [5, 5.41) is 0.249. The fraction of sp³-hybridized carbons (Fsp3) is 0.684. The molecular weight excluding hydrogens is 333 g/mol. The number of benzene rings is 1. The Bertz CT molecular complexity index is 570. The number of hydrogen-bond donors (Lipinski definition) is 2. The van der Waals surface area contributed by atoms with Crippen molar-refractivity contribution in [1.82, 2.24) is 4.90 Å². The molecule has 4 N–H and O–H groups in total. The van der Waals surface area contributed by atoms with Crippen LogP contribution in [0.15, 0.2) is 12.1 Å². The number of nitrogens with zero attached hydrogens (tertiary/aromatic N) is 1. The molecule has 25 heavy (non-hydrogen) atoms. The van der Waals surface area contributed by atoms with E-state index in [4.69, 9.17) is 15.9 Å². The van der Waals surface area contributed by atoms with Crippen molar-refractivity contribution < 1.29 is 8.82 Å². The van der Waals surface area contributed by atoms with Gasteiger partial charge in [0.2, 0.25) is 0 Å². The number of anilines is 2. The van der Waals surface area contributed by atoms with Gasteiger partial charge in [-0.2, -0.15) is 0 Å². The Morgan fingerprint density at radius 3 is 2.32 bits per heavy atom. The molecule has 1 aliphatic rings. The maximum atomic E-state index is 13.8. The topological polar surface area (TPSA) is 64.5 Å². The summed E-state index contributed by atoms with van der Waals surface area (Å²) < 4.78 is 20.1. The van der Waals surface area contributed by atoms with Gasteiger partial charge in [-0.1, -0.05) is 20.8 Å². The van der Waals surface area contributed by atoms with Crippen LogP contribution >= 0.6 is 0 Å². The summed E-state index contributed by atoms with van der Waals surface area (Å²) in [6.45, 7) is 15.2. The first-order valence-corrected chi connectivity index (χ1v) is 12.1. The number of nitrogen functional groups attached to an aromatic ring is 2. The standard InChI is InChI=1S/C19H34FN3OSi/c1-19(2,3)25(4,5)24-11-10-23-8-6-14(7-9-23)15-12-16(20)18(22)17(21)13-15/h12-14H,6-11,21-22H2,1-5H3. The van der Waals surface area contributed by atoms with Gasteiger partial charge >= 0.3 is 0 Å². The molecule has 0 aliphatic carbocycles. The SMILES string of the molecule is CC(C)(C)[Si](C)(C)OCCN1CCC(c2cc(N)c(N)c(F)c2)CC1. The molecule has 1 aromatic carbocycles. The lowest BCUT2D eigenvalue weighted by Gasteiger charge is -2.37. The van der Waals surface area contributed by atoms with Crippen LogP contribution in [0.4, 0.5) is 15.8 Å². The summed E-state index contributed by atoms with van der Waals surface area (Å²) >= 11 is 0. The van der Waals surface area contributed by atoms with Crippen LogP contribution in [0.1, 0.15) is 45.1 Å². The van der Waals surface area contributed by atoms with Crippen molar-refractivity contribution in [2.75, 3.05) is 37.7 Å². The van der Waals surface area contributed by atoms with Crippen LogP contribution in [-0.4, -0.2) is 39.5 Å². The highest BCUT2D eigenvalue weighted by atomic mass is 28.4. The summed E-state index contributed by atoms with van der Waals surface area (Å²) in [7, 11) is -1.67. The van der Waals surface area contributed by atoms with Gasteiger partial charge in [0.15, 0.2) is 8.32 Å². The van der Waals surface area contributed by atoms with Gasteiger partial charge in [0.05, 0.1) is 11.4 Å². The molecule has 0 radical (unpaired) electrons. The summed E-state index contributed by atoms with van der Waals surface area (Å²) in [4.78, 5) is 2.45. The molecule has 1 heterocycles. The summed E-state index contributed by atoms with van der Waals surface area (Å²) in [5.41, 5.74) is 12.8. The molecule has 6 heteroatoms. The third-order valence-electron chi connectivity index (χ3n) is 5.92. The van der Waals surface area contributed by atoms with Gasteiger partial charge in [-0.15, -0.1) is 0 Å². The first-order chi connectivity index (χ1) is 11.5. The average Bonchev–Trinajstić information content (AvgIpc) is 2.51. The maximum Gasteiger partial charge on any atom is 0.192 e. The number of piperidine rings is 1. The Balaban J connectivity index is 1.82. The second kappa shape index (κ2) is 7.64. The molecule has 0 amide bonds. The van der Waals surface area contributed by atoms with Crippen molar-refractivity contribution in [3.63, 3.8) is 0 Å². The minimum Gasteiger partial charge on any atom is -0.416 e. The molecule has 1 aliphatic heterocycles. The van der Waals surface area contributed by atoms with Gasteiger partial charge < -0.3 is 20.8 Å². The molecule has 0 aromatic heterocycles. The van der Waals surface area contributed by atoms with Gasteiger partial charge in [0.1, 0.15) is 5.82 Å². The predicted octanol–water partition coefficient (Wildman–Crippen LogP) is 4.19. The van der Waals surface area contributed by atoms with E-state index in [9.17, 15) is 4.39 Å². The van der Waals surface area contributed by atoms with E-state index in [1.807, 2.05) is 6.07 Å². The third-order valence-corrected chi connectivity index (χ3v) is 10.5. The lowest BCUT2D eigenvalue weighted by atomic mass is 9.89. The molecule has 0 atom stereocenters. The summed E-state index contributed by atoms with van der Waals surface area (Å²) in [5.74, 6) is -0.0461. The normalized spacial score (nSPS) is 17.8. The third kappa shape index (κ3) is 4.96. The fourth-order valence-electron chi connectivity index (χ4n) is 3.03. The van der Waals surface area contributed by atoms with Crippen LogP contribution in [0.25, 0.3) is 0 Å². The van der Waals surface area contributed by atoms with Crippen molar-refractivity contribution in [1.29, 1.82) is 0 Å². The maximum absolute atomic E-state index is 13.8. The highest BCUT2D eigenvalue weighted by Gasteiger charge is 2.37. The smallest absolute Gasteiger partial charge is 0.192 e. The van der Waals surface area contributed by atoms with E-state index in [-0.39, 0.29) is 10.7 Å². The van der Waals surface area contributed by atoms with E-state index in [2.05, 4.69) is 38.8 Å². The highest BCUT2D eigenvalue weighted by molar-refractivity contribution is 6.74. The first kappa shape index (κ1) is 20.2. The average molecular weight is 368 g/mol. The molecule has 0 unspecified atom stereocenters. The van der Waals surface area contributed by atoms with Crippen molar-refractivity contribution in [3.8, 4) is 0 Å². The van der Waals surface area contributed by atoms with E-state index in [1.165, 1.54) is 0 Å². The zero-order valence-electron chi connectivity index (χ0n) is 16.4. The van der Waals surface area contributed by atoms with Crippen LogP contribution < -0.4 is 11.5 Å². The monoisotopic (exact) mass is 367 g/mol. The van der Waals surface area contributed by atoms with Crippen LogP contribution in [0, 0.1) is 5.82 Å². The molecule has 2 rings (SSSR count). The van der Waals surface area contributed by atoms with Crippen LogP contribution in [0.3, 0.4) is 0 Å². The quantitative estimate of drug-likeness (QED) is 0.605. The number of halogens is 1. The van der Waals surface area contributed by atoms with E-state index in [1.54, 1.807) is 6.07 Å². The Kier molecular flexibility index (Phi) is 6.17. The minimum absolute atomic E-state index is 0.0592. The van der Waals surface area contributed by atoms with Gasteiger partial charge in [-0.3, -0.25) is 0 Å². The Morgan fingerprint density at radius 2 is 1.80 bits per heavy atom.